The molecule has 1 aliphatic carbocycles. The van der Waals surface area contributed by atoms with Crippen molar-refractivity contribution in [3.63, 3.8) is 0 Å². The van der Waals surface area contributed by atoms with E-state index in [1.54, 1.807) is 18.3 Å². The van der Waals surface area contributed by atoms with Crippen LogP contribution in [-0.2, 0) is 10.3 Å². The summed E-state index contributed by atoms with van der Waals surface area (Å²) in [4.78, 5) is 17.4. The fourth-order valence-corrected chi connectivity index (χ4v) is 3.38. The van der Waals surface area contributed by atoms with Crippen LogP contribution in [0.1, 0.15) is 31.2 Å². The Morgan fingerprint density at radius 3 is 3.04 bits per heavy atom. The van der Waals surface area contributed by atoms with Crippen LogP contribution in [0.15, 0.2) is 47.7 Å². The van der Waals surface area contributed by atoms with Crippen LogP contribution >= 0.6 is 0 Å². The number of benzene rings is 1. The number of hydrogen-bond donors (Lipinski definition) is 1. The molecule has 0 aromatic heterocycles. The topological polar surface area (TPSA) is 44.5 Å². The van der Waals surface area contributed by atoms with E-state index in [1.807, 2.05) is 18.4 Å². The molecular weight excluding hydrogens is 293 g/mol. The van der Waals surface area contributed by atoms with Gasteiger partial charge in [-0.3, -0.25) is 4.79 Å². The SMILES string of the molecule is O=CNc1cc(C2(CCC3CC3)C3=NC=CC=CN32)ccc1F. The van der Waals surface area contributed by atoms with Gasteiger partial charge in [-0.05, 0) is 48.6 Å². The summed E-state index contributed by atoms with van der Waals surface area (Å²) in [5.41, 5.74) is 0.894. The fraction of sp³-hybridized carbons (Fsp3) is 0.333. The van der Waals surface area contributed by atoms with Gasteiger partial charge < -0.3 is 10.2 Å². The van der Waals surface area contributed by atoms with Crippen molar-refractivity contribution >= 4 is 17.9 Å². The van der Waals surface area contributed by atoms with E-state index in [-0.39, 0.29) is 11.2 Å². The van der Waals surface area contributed by atoms with Gasteiger partial charge in [0, 0.05) is 12.4 Å². The number of fused-ring (bicyclic) bond motifs is 1. The molecule has 0 spiro atoms. The van der Waals surface area contributed by atoms with E-state index in [0.29, 0.717) is 6.41 Å². The molecular formula is C18H18FN3O. The first-order valence-corrected chi connectivity index (χ1v) is 7.97. The van der Waals surface area contributed by atoms with Gasteiger partial charge in [0.05, 0.1) is 5.69 Å². The van der Waals surface area contributed by atoms with E-state index >= 15 is 0 Å². The number of aliphatic imine (C=N–C) groups is 1. The van der Waals surface area contributed by atoms with Crippen LogP contribution in [0.2, 0.25) is 0 Å². The van der Waals surface area contributed by atoms with Gasteiger partial charge in [-0.15, -0.1) is 0 Å². The highest BCUT2D eigenvalue weighted by Gasteiger charge is 2.60. The molecule has 118 valence electrons. The number of nitrogens with zero attached hydrogens (tertiary/aromatic N) is 2. The maximum atomic E-state index is 13.8. The fourth-order valence-electron chi connectivity index (χ4n) is 3.38. The number of allylic oxidation sites excluding steroid dienone is 2. The molecule has 0 bridgehead atoms. The van der Waals surface area contributed by atoms with Gasteiger partial charge in [-0.25, -0.2) is 9.38 Å². The average molecular weight is 311 g/mol. The number of amidine groups is 1. The van der Waals surface area contributed by atoms with E-state index in [0.717, 1.165) is 30.2 Å². The van der Waals surface area contributed by atoms with Crippen molar-refractivity contribution in [2.75, 3.05) is 5.32 Å². The van der Waals surface area contributed by atoms with Gasteiger partial charge in [0.2, 0.25) is 6.41 Å². The van der Waals surface area contributed by atoms with Gasteiger partial charge in [0.1, 0.15) is 17.2 Å². The summed E-state index contributed by atoms with van der Waals surface area (Å²) in [5, 5.41) is 2.44. The van der Waals surface area contributed by atoms with Crippen LogP contribution < -0.4 is 5.32 Å². The van der Waals surface area contributed by atoms with Crippen LogP contribution in [0, 0.1) is 11.7 Å². The van der Waals surface area contributed by atoms with Crippen molar-refractivity contribution in [2.24, 2.45) is 10.9 Å². The molecule has 2 fully saturated rings. The smallest absolute Gasteiger partial charge is 0.211 e. The molecule has 2 aliphatic heterocycles. The minimum atomic E-state index is -0.425. The Hall–Kier alpha value is -2.43. The molecule has 1 aromatic rings. The Balaban J connectivity index is 1.72. The number of nitrogens with one attached hydrogen (secondary N) is 1. The van der Waals surface area contributed by atoms with Crippen molar-refractivity contribution in [1.29, 1.82) is 0 Å². The van der Waals surface area contributed by atoms with Crippen molar-refractivity contribution in [2.45, 2.75) is 31.2 Å². The molecule has 23 heavy (non-hydrogen) atoms. The third-order valence-electron chi connectivity index (χ3n) is 4.86. The molecule has 1 aromatic carbocycles. The zero-order chi connectivity index (χ0) is 15.9. The lowest BCUT2D eigenvalue weighted by Gasteiger charge is -2.17. The molecule has 1 N–H and O–H groups in total. The average Bonchev–Trinajstić information content (AvgIpc) is 3.43. The molecule has 2 heterocycles. The third kappa shape index (κ3) is 2.36. The Labute approximate surface area is 134 Å². The van der Waals surface area contributed by atoms with Gasteiger partial charge in [-0.2, -0.15) is 0 Å². The Kier molecular flexibility index (Phi) is 3.29. The van der Waals surface area contributed by atoms with Gasteiger partial charge in [0.15, 0.2) is 0 Å². The summed E-state index contributed by atoms with van der Waals surface area (Å²) in [6, 6.07) is 4.94. The minimum Gasteiger partial charge on any atom is -0.326 e. The number of anilines is 1. The first-order chi connectivity index (χ1) is 11.3. The van der Waals surface area contributed by atoms with Crippen LogP contribution in [-0.4, -0.2) is 17.1 Å². The van der Waals surface area contributed by atoms with E-state index in [2.05, 4.69) is 15.2 Å². The normalized spacial score (nSPS) is 24.7. The highest BCUT2D eigenvalue weighted by Crippen LogP contribution is 2.52. The number of rotatable bonds is 6. The molecule has 4 rings (SSSR count). The third-order valence-corrected chi connectivity index (χ3v) is 4.86. The van der Waals surface area contributed by atoms with E-state index in [9.17, 15) is 9.18 Å². The van der Waals surface area contributed by atoms with Crippen LogP contribution in [0.25, 0.3) is 0 Å². The zero-order valence-corrected chi connectivity index (χ0v) is 12.7. The lowest BCUT2D eigenvalue weighted by atomic mass is 9.91. The van der Waals surface area contributed by atoms with Crippen molar-refractivity contribution < 1.29 is 9.18 Å². The van der Waals surface area contributed by atoms with Crippen LogP contribution in [0.5, 0.6) is 0 Å². The highest BCUT2D eigenvalue weighted by atomic mass is 19.1. The number of amides is 1. The van der Waals surface area contributed by atoms with Crippen LogP contribution in [0.4, 0.5) is 10.1 Å². The van der Waals surface area contributed by atoms with E-state index < -0.39 is 5.82 Å². The largest absolute Gasteiger partial charge is 0.326 e. The number of hydrogen-bond acceptors (Lipinski definition) is 3. The molecule has 1 unspecified atom stereocenters. The summed E-state index contributed by atoms with van der Waals surface area (Å²) in [6.45, 7) is 0. The molecule has 1 saturated carbocycles. The number of carbonyl (C=O) groups excluding carboxylic acids is 1. The van der Waals surface area contributed by atoms with E-state index in [4.69, 9.17) is 0 Å². The zero-order valence-electron chi connectivity index (χ0n) is 12.7. The van der Waals surface area contributed by atoms with E-state index in [1.165, 1.54) is 18.9 Å². The van der Waals surface area contributed by atoms with Crippen molar-refractivity contribution in [3.8, 4) is 0 Å². The second-order valence-corrected chi connectivity index (χ2v) is 6.30. The molecule has 4 nitrogen and oxygen atoms in total. The maximum absolute atomic E-state index is 13.8. The molecule has 0 radical (unpaired) electrons. The predicted octanol–water partition coefficient (Wildman–Crippen LogP) is 3.53. The summed E-state index contributed by atoms with van der Waals surface area (Å²) < 4.78 is 13.8. The second-order valence-electron chi connectivity index (χ2n) is 6.30. The summed E-state index contributed by atoms with van der Waals surface area (Å²) in [5.74, 6) is 1.38. The molecule has 5 heteroatoms. The molecule has 1 atom stereocenters. The summed E-state index contributed by atoms with van der Waals surface area (Å²) in [6.07, 6.45) is 12.9. The molecule has 3 aliphatic rings. The summed E-state index contributed by atoms with van der Waals surface area (Å²) >= 11 is 0. The van der Waals surface area contributed by atoms with Crippen LogP contribution in [0.3, 0.4) is 0 Å². The minimum absolute atomic E-state index is 0.214. The van der Waals surface area contributed by atoms with Gasteiger partial charge in [0.25, 0.3) is 0 Å². The predicted molar refractivity (Wildman–Crippen MR) is 87.3 cm³/mol. The Morgan fingerprint density at radius 1 is 1.39 bits per heavy atom. The Morgan fingerprint density at radius 2 is 2.26 bits per heavy atom. The second kappa shape index (κ2) is 5.33. The standard InChI is InChI=1S/C18H18FN3O/c19-15-6-5-14(11-16(15)21-12-23)18(8-7-13-3-4-13)17-20-9-1-2-10-22(17)18/h1-2,5-6,9-13H,3-4,7-8H2,(H,21,23). The monoisotopic (exact) mass is 311 g/mol. The van der Waals surface area contributed by atoms with Crippen molar-refractivity contribution in [3.05, 3.63) is 54.1 Å². The first kappa shape index (κ1) is 14.2. The lowest BCUT2D eigenvalue weighted by molar-refractivity contribution is -0.105. The van der Waals surface area contributed by atoms with Gasteiger partial charge >= 0.3 is 0 Å². The quantitative estimate of drug-likeness (QED) is 0.645. The highest BCUT2D eigenvalue weighted by molar-refractivity contribution is 6.09. The number of carbonyl (C=O) groups is 1. The van der Waals surface area contributed by atoms with Gasteiger partial charge in [-0.1, -0.05) is 18.9 Å². The maximum Gasteiger partial charge on any atom is 0.211 e. The molecule has 1 amide bonds. The first-order valence-electron chi connectivity index (χ1n) is 7.97. The molecule has 1 saturated heterocycles. The lowest BCUT2D eigenvalue weighted by Crippen LogP contribution is -2.16. The Bertz CT molecular complexity index is 736. The van der Waals surface area contributed by atoms with Crippen molar-refractivity contribution in [1.82, 2.24) is 4.90 Å². The number of halogens is 1. The summed E-state index contributed by atoms with van der Waals surface area (Å²) in [7, 11) is 0.